The van der Waals surface area contributed by atoms with Crippen molar-refractivity contribution < 1.29 is 28.8 Å². The SMILES string of the molecule is COc1ccc(C(=O)CC(O)Oc2ccccc2OC)cc1OC. The predicted octanol–water partition coefficient (Wildman–Crippen LogP) is 2.68. The Bertz CT molecular complexity index is 698. The van der Waals surface area contributed by atoms with Gasteiger partial charge in [0.05, 0.1) is 27.8 Å². The maximum Gasteiger partial charge on any atom is 0.204 e. The molecule has 0 amide bonds. The van der Waals surface area contributed by atoms with Crippen LogP contribution in [0.1, 0.15) is 16.8 Å². The summed E-state index contributed by atoms with van der Waals surface area (Å²) in [6, 6.07) is 11.7. The Morgan fingerprint density at radius 2 is 1.50 bits per heavy atom. The summed E-state index contributed by atoms with van der Waals surface area (Å²) in [6.45, 7) is 0. The van der Waals surface area contributed by atoms with Crippen LogP contribution in [0.3, 0.4) is 0 Å². The first-order chi connectivity index (χ1) is 11.6. The number of rotatable bonds is 8. The molecule has 0 aliphatic carbocycles. The molecule has 128 valence electrons. The van der Waals surface area contributed by atoms with E-state index in [-0.39, 0.29) is 12.2 Å². The highest BCUT2D eigenvalue weighted by atomic mass is 16.6. The maximum atomic E-state index is 12.3. The van der Waals surface area contributed by atoms with E-state index in [0.29, 0.717) is 28.6 Å². The van der Waals surface area contributed by atoms with Gasteiger partial charge in [-0.15, -0.1) is 0 Å². The van der Waals surface area contributed by atoms with E-state index in [0.717, 1.165) is 0 Å². The van der Waals surface area contributed by atoms with Crippen LogP contribution in [0.4, 0.5) is 0 Å². The van der Waals surface area contributed by atoms with Gasteiger partial charge < -0.3 is 24.1 Å². The molecule has 0 aromatic heterocycles. The highest BCUT2D eigenvalue weighted by Gasteiger charge is 2.17. The zero-order valence-corrected chi connectivity index (χ0v) is 13.8. The molecule has 2 aromatic rings. The van der Waals surface area contributed by atoms with Crippen LogP contribution < -0.4 is 18.9 Å². The fourth-order valence-electron chi connectivity index (χ4n) is 2.19. The largest absolute Gasteiger partial charge is 0.493 e. The molecule has 6 heteroatoms. The lowest BCUT2D eigenvalue weighted by atomic mass is 10.1. The second-order valence-corrected chi connectivity index (χ2v) is 4.92. The first kappa shape index (κ1) is 17.6. The van der Waals surface area contributed by atoms with Crippen molar-refractivity contribution in [3.8, 4) is 23.0 Å². The standard InChI is InChI=1S/C18H20O6/c1-21-14-6-4-5-7-16(14)24-18(20)11-13(19)12-8-9-15(22-2)17(10-12)23-3/h4-10,18,20H,11H2,1-3H3. The molecule has 0 saturated carbocycles. The van der Waals surface area contributed by atoms with Gasteiger partial charge in [0.25, 0.3) is 0 Å². The number of hydrogen-bond donors (Lipinski definition) is 1. The number of carbonyl (C=O) groups excluding carboxylic acids is 1. The molecule has 2 rings (SSSR count). The number of methoxy groups -OCH3 is 3. The molecule has 0 radical (unpaired) electrons. The van der Waals surface area contributed by atoms with Gasteiger partial charge in [0.1, 0.15) is 0 Å². The Morgan fingerprint density at radius 1 is 0.917 bits per heavy atom. The highest BCUT2D eigenvalue weighted by Crippen LogP contribution is 2.29. The average Bonchev–Trinajstić information content (AvgIpc) is 2.61. The van der Waals surface area contributed by atoms with Crippen LogP contribution in [0.25, 0.3) is 0 Å². The minimum absolute atomic E-state index is 0.201. The van der Waals surface area contributed by atoms with E-state index in [1.54, 1.807) is 42.5 Å². The summed E-state index contributed by atoms with van der Waals surface area (Å²) in [7, 11) is 4.51. The van der Waals surface area contributed by atoms with Crippen molar-refractivity contribution in [2.75, 3.05) is 21.3 Å². The minimum atomic E-state index is -1.29. The number of ketones is 1. The quantitative estimate of drug-likeness (QED) is 0.592. The van der Waals surface area contributed by atoms with Gasteiger partial charge in [-0.3, -0.25) is 4.79 Å². The van der Waals surface area contributed by atoms with E-state index in [4.69, 9.17) is 18.9 Å². The van der Waals surface area contributed by atoms with Crippen molar-refractivity contribution in [1.82, 2.24) is 0 Å². The van der Waals surface area contributed by atoms with Crippen molar-refractivity contribution in [1.29, 1.82) is 0 Å². The topological polar surface area (TPSA) is 74.2 Å². The van der Waals surface area contributed by atoms with E-state index >= 15 is 0 Å². The summed E-state index contributed by atoms with van der Waals surface area (Å²) in [6.07, 6.45) is -1.49. The molecule has 24 heavy (non-hydrogen) atoms. The Kier molecular flexibility index (Phi) is 6.03. The lowest BCUT2D eigenvalue weighted by Gasteiger charge is -2.15. The van der Waals surface area contributed by atoms with Crippen LogP contribution >= 0.6 is 0 Å². The fourth-order valence-corrected chi connectivity index (χ4v) is 2.19. The fraction of sp³-hybridized carbons (Fsp3) is 0.278. The Morgan fingerprint density at radius 3 is 2.12 bits per heavy atom. The van der Waals surface area contributed by atoms with E-state index in [1.807, 2.05) is 0 Å². The number of carbonyl (C=O) groups is 1. The number of aliphatic hydroxyl groups excluding tert-OH is 1. The Balaban J connectivity index is 2.06. The molecule has 1 atom stereocenters. The van der Waals surface area contributed by atoms with Gasteiger partial charge in [-0.25, -0.2) is 0 Å². The zero-order chi connectivity index (χ0) is 17.5. The number of ether oxygens (including phenoxy) is 4. The molecule has 1 N–H and O–H groups in total. The van der Waals surface area contributed by atoms with E-state index < -0.39 is 6.29 Å². The first-order valence-corrected chi connectivity index (χ1v) is 7.32. The van der Waals surface area contributed by atoms with Gasteiger partial charge in [0.15, 0.2) is 28.8 Å². The number of Topliss-reactive ketones (excluding diaryl/α,β-unsaturated/α-hetero) is 1. The van der Waals surface area contributed by atoms with Gasteiger partial charge in [-0.05, 0) is 30.3 Å². The van der Waals surface area contributed by atoms with Crippen LogP contribution in [0.5, 0.6) is 23.0 Å². The van der Waals surface area contributed by atoms with Crippen molar-refractivity contribution in [3.05, 3.63) is 48.0 Å². The summed E-state index contributed by atoms with van der Waals surface area (Å²) in [5.74, 6) is 1.55. The average molecular weight is 332 g/mol. The summed E-state index contributed by atoms with van der Waals surface area (Å²) in [5, 5.41) is 10.0. The summed E-state index contributed by atoms with van der Waals surface area (Å²) in [4.78, 5) is 12.3. The van der Waals surface area contributed by atoms with E-state index in [1.165, 1.54) is 21.3 Å². The van der Waals surface area contributed by atoms with Crippen LogP contribution in [0, 0.1) is 0 Å². The normalized spacial score (nSPS) is 11.5. The molecule has 0 saturated heterocycles. The molecule has 6 nitrogen and oxygen atoms in total. The maximum absolute atomic E-state index is 12.3. The van der Waals surface area contributed by atoms with Gasteiger partial charge in [0, 0.05) is 5.56 Å². The second kappa shape index (κ2) is 8.21. The zero-order valence-electron chi connectivity index (χ0n) is 13.8. The Labute approximate surface area is 140 Å². The molecule has 1 unspecified atom stereocenters. The first-order valence-electron chi connectivity index (χ1n) is 7.32. The van der Waals surface area contributed by atoms with Gasteiger partial charge >= 0.3 is 0 Å². The number of para-hydroxylation sites is 2. The van der Waals surface area contributed by atoms with E-state index in [9.17, 15) is 9.90 Å². The van der Waals surface area contributed by atoms with Crippen LogP contribution in [-0.4, -0.2) is 38.5 Å². The third kappa shape index (κ3) is 4.17. The third-order valence-corrected chi connectivity index (χ3v) is 3.40. The lowest BCUT2D eigenvalue weighted by Crippen LogP contribution is -2.20. The lowest BCUT2D eigenvalue weighted by molar-refractivity contribution is -0.0193. The molecule has 0 bridgehead atoms. The van der Waals surface area contributed by atoms with Gasteiger partial charge in [-0.1, -0.05) is 12.1 Å². The smallest absolute Gasteiger partial charge is 0.204 e. The third-order valence-electron chi connectivity index (χ3n) is 3.40. The predicted molar refractivity (Wildman–Crippen MR) is 88.1 cm³/mol. The molecular weight excluding hydrogens is 312 g/mol. The Hall–Kier alpha value is -2.73. The van der Waals surface area contributed by atoms with Crippen LogP contribution in [0.15, 0.2) is 42.5 Å². The summed E-state index contributed by atoms with van der Waals surface area (Å²) >= 11 is 0. The van der Waals surface area contributed by atoms with Gasteiger partial charge in [-0.2, -0.15) is 0 Å². The minimum Gasteiger partial charge on any atom is -0.493 e. The van der Waals surface area contributed by atoms with Gasteiger partial charge in [0.2, 0.25) is 6.29 Å². The molecular formula is C18H20O6. The molecule has 0 aliphatic rings. The molecule has 0 heterocycles. The monoisotopic (exact) mass is 332 g/mol. The molecule has 0 spiro atoms. The van der Waals surface area contributed by atoms with Crippen molar-refractivity contribution in [3.63, 3.8) is 0 Å². The van der Waals surface area contributed by atoms with E-state index in [2.05, 4.69) is 0 Å². The van der Waals surface area contributed by atoms with Crippen molar-refractivity contribution in [2.45, 2.75) is 12.7 Å². The number of aliphatic hydroxyl groups is 1. The molecule has 2 aromatic carbocycles. The molecule has 0 fully saturated rings. The second-order valence-electron chi connectivity index (χ2n) is 4.92. The van der Waals surface area contributed by atoms with Crippen LogP contribution in [-0.2, 0) is 0 Å². The number of benzene rings is 2. The van der Waals surface area contributed by atoms with Crippen LogP contribution in [0.2, 0.25) is 0 Å². The molecule has 0 aliphatic heterocycles. The van der Waals surface area contributed by atoms with Crippen molar-refractivity contribution >= 4 is 5.78 Å². The number of hydrogen-bond acceptors (Lipinski definition) is 6. The summed E-state index contributed by atoms with van der Waals surface area (Å²) < 4.78 is 20.8. The highest BCUT2D eigenvalue weighted by molar-refractivity contribution is 5.96. The van der Waals surface area contributed by atoms with Crippen molar-refractivity contribution in [2.24, 2.45) is 0 Å². The summed E-state index contributed by atoms with van der Waals surface area (Å²) in [5.41, 5.74) is 0.398.